The molecular formula is C6H5BrN2O3. The first kappa shape index (κ1) is 8.92. The molecule has 0 saturated carbocycles. The summed E-state index contributed by atoms with van der Waals surface area (Å²) in [5.41, 5.74) is 0.455. The van der Waals surface area contributed by atoms with E-state index in [1.807, 2.05) is 0 Å². The maximum absolute atomic E-state index is 10.2. The van der Waals surface area contributed by atoms with Gasteiger partial charge in [0.1, 0.15) is 0 Å². The average Bonchev–Trinajstić information content (AvgIpc) is 2.05. The van der Waals surface area contributed by atoms with Gasteiger partial charge in [-0.05, 0) is 9.91 Å². The van der Waals surface area contributed by atoms with E-state index in [1.165, 1.54) is 6.07 Å². The molecule has 1 heterocycles. The van der Waals surface area contributed by atoms with Gasteiger partial charge in [0.15, 0.2) is 11.9 Å². The van der Waals surface area contributed by atoms with E-state index in [2.05, 4.69) is 20.9 Å². The molecule has 0 aliphatic carbocycles. The minimum atomic E-state index is -0.606. The van der Waals surface area contributed by atoms with Gasteiger partial charge in [0, 0.05) is 17.0 Å². The molecular weight excluding hydrogens is 228 g/mol. The average molecular weight is 233 g/mol. The van der Waals surface area contributed by atoms with Gasteiger partial charge in [-0.1, -0.05) is 15.9 Å². The van der Waals surface area contributed by atoms with Crippen molar-refractivity contribution in [2.75, 3.05) is 0 Å². The van der Waals surface area contributed by atoms with Crippen molar-refractivity contribution < 1.29 is 10.0 Å². The normalized spacial score (nSPS) is 9.75. The molecule has 0 saturated heterocycles. The Morgan fingerprint density at radius 3 is 2.92 bits per heavy atom. The van der Waals surface area contributed by atoms with Gasteiger partial charge in [0.2, 0.25) is 0 Å². The number of hydrogen-bond acceptors (Lipinski definition) is 4. The van der Waals surface area contributed by atoms with Gasteiger partial charge < -0.3 is 15.2 Å². The van der Waals surface area contributed by atoms with Crippen molar-refractivity contribution in [2.45, 2.75) is 5.33 Å². The van der Waals surface area contributed by atoms with Crippen LogP contribution in [-0.4, -0.2) is 15.0 Å². The molecule has 6 heteroatoms. The lowest BCUT2D eigenvalue weighted by Gasteiger charge is -1.97. The lowest BCUT2D eigenvalue weighted by molar-refractivity contribution is -0.389. The van der Waals surface area contributed by atoms with Crippen molar-refractivity contribution >= 4 is 21.7 Å². The fourth-order valence-corrected chi connectivity index (χ4v) is 1.13. The molecule has 1 aromatic rings. The molecule has 64 valence electrons. The van der Waals surface area contributed by atoms with Crippen LogP contribution in [0.15, 0.2) is 12.3 Å². The van der Waals surface area contributed by atoms with Crippen molar-refractivity contribution in [1.82, 2.24) is 4.98 Å². The fourth-order valence-electron chi connectivity index (χ4n) is 0.684. The summed E-state index contributed by atoms with van der Waals surface area (Å²) >= 11 is 3.08. The highest BCUT2D eigenvalue weighted by molar-refractivity contribution is 9.08. The Labute approximate surface area is 76.3 Å². The molecule has 0 unspecified atom stereocenters. The van der Waals surface area contributed by atoms with Crippen LogP contribution in [0.2, 0.25) is 0 Å². The molecule has 0 spiro atoms. The quantitative estimate of drug-likeness (QED) is 0.478. The van der Waals surface area contributed by atoms with Crippen LogP contribution in [0.1, 0.15) is 5.56 Å². The molecule has 0 atom stereocenters. The predicted octanol–water partition coefficient (Wildman–Crippen LogP) is 1.59. The first-order valence-corrected chi connectivity index (χ1v) is 4.15. The summed E-state index contributed by atoms with van der Waals surface area (Å²) in [6, 6.07) is 1.23. The van der Waals surface area contributed by atoms with Crippen molar-refractivity contribution in [3.05, 3.63) is 27.9 Å². The Morgan fingerprint density at radius 1 is 1.75 bits per heavy atom. The maximum atomic E-state index is 10.2. The second-order valence-electron chi connectivity index (χ2n) is 2.06. The molecule has 0 aliphatic rings. The largest absolute Gasteiger partial charge is 0.504 e. The standard InChI is InChI=1S/C6H5BrN2O3/c7-2-4-1-6(9(11)12)8-3-5(4)10/h1,3,10H,2H2. The number of nitro groups is 1. The SMILES string of the molecule is O=[N+]([O-])c1cc(CBr)c(O)cn1. The number of alkyl halides is 1. The second-order valence-corrected chi connectivity index (χ2v) is 2.62. The summed E-state index contributed by atoms with van der Waals surface area (Å²) in [5.74, 6) is -0.306. The Kier molecular flexibility index (Phi) is 2.59. The van der Waals surface area contributed by atoms with E-state index in [4.69, 9.17) is 5.11 Å². The fraction of sp³-hybridized carbons (Fsp3) is 0.167. The van der Waals surface area contributed by atoms with E-state index in [-0.39, 0.29) is 11.6 Å². The molecule has 0 aromatic carbocycles. The summed E-state index contributed by atoms with van der Waals surface area (Å²) in [4.78, 5) is 13.0. The van der Waals surface area contributed by atoms with Crippen LogP contribution in [0, 0.1) is 10.1 Å². The summed E-state index contributed by atoms with van der Waals surface area (Å²) < 4.78 is 0. The Morgan fingerprint density at radius 2 is 2.42 bits per heavy atom. The van der Waals surface area contributed by atoms with Crippen LogP contribution in [-0.2, 0) is 5.33 Å². The highest BCUT2D eigenvalue weighted by Gasteiger charge is 2.10. The van der Waals surface area contributed by atoms with Crippen molar-refractivity contribution in [1.29, 1.82) is 0 Å². The van der Waals surface area contributed by atoms with Crippen LogP contribution in [0.25, 0.3) is 0 Å². The number of halogens is 1. The van der Waals surface area contributed by atoms with Gasteiger partial charge in [0.05, 0.1) is 0 Å². The first-order chi connectivity index (χ1) is 5.65. The molecule has 12 heavy (non-hydrogen) atoms. The van der Waals surface area contributed by atoms with Crippen LogP contribution >= 0.6 is 15.9 Å². The third-order valence-corrected chi connectivity index (χ3v) is 1.89. The monoisotopic (exact) mass is 232 g/mol. The Bertz CT molecular complexity index is 316. The van der Waals surface area contributed by atoms with Gasteiger partial charge in [-0.3, -0.25) is 0 Å². The second kappa shape index (κ2) is 3.48. The summed E-state index contributed by atoms with van der Waals surface area (Å²) in [6.07, 6.45) is 1.06. The minimum Gasteiger partial charge on any atom is -0.504 e. The van der Waals surface area contributed by atoms with Crippen LogP contribution in [0.3, 0.4) is 0 Å². The molecule has 0 aliphatic heterocycles. The summed E-state index contributed by atoms with van der Waals surface area (Å²) in [6.45, 7) is 0. The molecule has 0 amide bonds. The van der Waals surface area contributed by atoms with Gasteiger partial charge in [-0.2, -0.15) is 0 Å². The molecule has 1 aromatic heterocycles. The van der Waals surface area contributed by atoms with Crippen molar-refractivity contribution in [3.8, 4) is 5.75 Å². The lowest BCUT2D eigenvalue weighted by atomic mass is 10.3. The maximum Gasteiger partial charge on any atom is 0.363 e. The van der Waals surface area contributed by atoms with Gasteiger partial charge >= 0.3 is 5.82 Å². The van der Waals surface area contributed by atoms with Crippen molar-refractivity contribution in [2.24, 2.45) is 0 Å². The minimum absolute atomic E-state index is 0.0440. The number of hydrogen-bond donors (Lipinski definition) is 1. The zero-order valence-corrected chi connectivity index (χ0v) is 7.48. The van der Waals surface area contributed by atoms with Gasteiger partial charge in [0.25, 0.3) is 0 Å². The number of aromatic hydroxyl groups is 1. The third-order valence-electron chi connectivity index (χ3n) is 1.28. The van der Waals surface area contributed by atoms with Gasteiger partial charge in [-0.15, -0.1) is 0 Å². The number of pyridine rings is 1. The van der Waals surface area contributed by atoms with Crippen LogP contribution in [0.5, 0.6) is 5.75 Å². The lowest BCUT2D eigenvalue weighted by Crippen LogP contribution is -1.92. The number of nitrogens with zero attached hydrogens (tertiary/aromatic N) is 2. The third kappa shape index (κ3) is 1.70. The molecule has 1 N–H and O–H groups in total. The smallest absolute Gasteiger partial charge is 0.363 e. The zero-order valence-electron chi connectivity index (χ0n) is 5.90. The highest BCUT2D eigenvalue weighted by Crippen LogP contribution is 2.21. The van der Waals surface area contributed by atoms with Crippen LogP contribution in [0.4, 0.5) is 5.82 Å². The van der Waals surface area contributed by atoms with Crippen molar-refractivity contribution in [3.63, 3.8) is 0 Å². The Balaban J connectivity index is 3.13. The van der Waals surface area contributed by atoms with E-state index in [0.717, 1.165) is 6.20 Å². The summed E-state index contributed by atoms with van der Waals surface area (Å²) in [7, 11) is 0. The molecule has 0 radical (unpaired) electrons. The van der Waals surface area contributed by atoms with Gasteiger partial charge in [-0.25, -0.2) is 0 Å². The first-order valence-electron chi connectivity index (χ1n) is 3.03. The number of rotatable bonds is 2. The topological polar surface area (TPSA) is 76.3 Å². The summed E-state index contributed by atoms with van der Waals surface area (Å²) in [5, 5.41) is 19.7. The molecule has 5 nitrogen and oxygen atoms in total. The van der Waals surface area contributed by atoms with E-state index in [1.54, 1.807) is 0 Å². The zero-order chi connectivity index (χ0) is 9.14. The molecule has 1 rings (SSSR count). The van der Waals surface area contributed by atoms with E-state index >= 15 is 0 Å². The molecule has 0 fully saturated rings. The Hall–Kier alpha value is -1.17. The highest BCUT2D eigenvalue weighted by atomic mass is 79.9. The van der Waals surface area contributed by atoms with E-state index in [9.17, 15) is 10.1 Å². The molecule has 0 bridgehead atoms. The van der Waals surface area contributed by atoms with E-state index in [0.29, 0.717) is 10.9 Å². The van der Waals surface area contributed by atoms with E-state index < -0.39 is 4.92 Å². The van der Waals surface area contributed by atoms with Crippen LogP contribution < -0.4 is 0 Å². The predicted molar refractivity (Wildman–Crippen MR) is 45.2 cm³/mol. The number of aromatic nitrogens is 1.